The molecule has 0 radical (unpaired) electrons. The van der Waals surface area contributed by atoms with Gasteiger partial charge in [0.15, 0.2) is 6.20 Å². The van der Waals surface area contributed by atoms with E-state index in [0.717, 1.165) is 22.4 Å². The molecule has 0 amide bonds. The topological polar surface area (TPSA) is 3.88 Å². The molecule has 2 rings (SSSR count). The van der Waals surface area contributed by atoms with Crippen LogP contribution in [0.5, 0.6) is 0 Å². The van der Waals surface area contributed by atoms with Gasteiger partial charge in [0, 0.05) is 26.8 Å². The van der Waals surface area contributed by atoms with Gasteiger partial charge in [0.2, 0.25) is 5.69 Å². The normalized spacial score (nSPS) is 20.6. The number of benzene rings is 1. The molecule has 0 spiro atoms. The summed E-state index contributed by atoms with van der Waals surface area (Å²) in [6.07, 6.45) is 1.62. The van der Waals surface area contributed by atoms with Crippen LogP contribution in [0, 0.1) is 27.6 Å². The molecule has 0 bridgehead atoms. The second-order valence-electron chi connectivity index (χ2n) is 5.47. The Balaban J connectivity index is 2.66. The van der Waals surface area contributed by atoms with Crippen molar-refractivity contribution in [2.24, 2.45) is 7.05 Å². The molecule has 106 valence electrons. The van der Waals surface area contributed by atoms with Gasteiger partial charge >= 0.3 is 0 Å². The summed E-state index contributed by atoms with van der Waals surface area (Å²) >= 11 is 0. The second kappa shape index (κ2) is 5.40. The number of nitrogens with zero attached hydrogens (tertiary/aromatic N) is 1. The highest BCUT2D eigenvalue weighted by molar-refractivity contribution is 5.64. The lowest BCUT2D eigenvalue weighted by atomic mass is 9.91. The molecule has 0 N–H and O–H groups in total. The molecule has 1 unspecified atom stereocenters. The molecule has 0 saturated heterocycles. The second-order valence-corrected chi connectivity index (χ2v) is 5.47. The summed E-state index contributed by atoms with van der Waals surface area (Å²) in [5, 5.41) is 0. The SMILES string of the molecule is [2H]C([2H])([2H])c1c[n+](C)c(-c2cc(C)c(C([2H])(C)C([2H])([2H])[2H])cc2C)cc1C. The van der Waals surface area contributed by atoms with E-state index in [0.29, 0.717) is 16.7 Å². The molecular weight excluding hydrogens is 242 g/mol. The zero-order chi connectivity index (χ0) is 20.9. The van der Waals surface area contributed by atoms with Crippen molar-refractivity contribution in [2.75, 3.05) is 0 Å². The highest BCUT2D eigenvalue weighted by Gasteiger charge is 2.16. The van der Waals surface area contributed by atoms with Crippen LogP contribution in [-0.4, -0.2) is 0 Å². The number of aryl methyl sites for hydroxylation is 5. The zero-order valence-electron chi connectivity index (χ0n) is 19.8. The van der Waals surface area contributed by atoms with E-state index in [-0.39, 0.29) is 0 Å². The molecule has 0 aliphatic heterocycles. The lowest BCUT2D eigenvalue weighted by Crippen LogP contribution is -2.31. The van der Waals surface area contributed by atoms with E-state index in [1.165, 1.54) is 6.92 Å². The minimum absolute atomic E-state index is 0.306. The van der Waals surface area contributed by atoms with Gasteiger partial charge in [-0.15, -0.1) is 0 Å². The van der Waals surface area contributed by atoms with E-state index in [1.54, 1.807) is 37.7 Å². The first-order chi connectivity index (χ1) is 12.1. The average Bonchev–Trinajstić information content (AvgIpc) is 2.48. The van der Waals surface area contributed by atoms with Gasteiger partial charge in [-0.25, -0.2) is 4.57 Å². The molecule has 0 aliphatic carbocycles. The minimum atomic E-state index is -2.44. The van der Waals surface area contributed by atoms with Crippen LogP contribution >= 0.6 is 0 Å². The van der Waals surface area contributed by atoms with Gasteiger partial charge in [0.1, 0.15) is 7.05 Å². The first kappa shape index (κ1) is 7.97. The summed E-state index contributed by atoms with van der Waals surface area (Å²) in [4.78, 5) is 0. The molecule has 1 heteroatoms. The molecule has 1 atom stereocenters. The summed E-state index contributed by atoms with van der Waals surface area (Å²) in [6.45, 7) is 2.26. The van der Waals surface area contributed by atoms with Gasteiger partial charge < -0.3 is 0 Å². The van der Waals surface area contributed by atoms with E-state index >= 15 is 0 Å². The van der Waals surface area contributed by atoms with Crippen LogP contribution in [0.15, 0.2) is 24.4 Å². The Morgan fingerprint density at radius 1 is 1.05 bits per heavy atom. The third-order valence-corrected chi connectivity index (χ3v) is 3.73. The molecular formula is C19H26N+. The summed E-state index contributed by atoms with van der Waals surface area (Å²) in [7, 11) is 1.80. The maximum absolute atomic E-state index is 8.37. The molecule has 2 aromatic rings. The Kier molecular flexibility index (Phi) is 2.15. The van der Waals surface area contributed by atoms with Crippen molar-refractivity contribution < 1.29 is 14.2 Å². The van der Waals surface area contributed by atoms with Crippen LogP contribution in [0.1, 0.15) is 57.1 Å². The quantitative estimate of drug-likeness (QED) is 0.709. The van der Waals surface area contributed by atoms with E-state index in [1.807, 2.05) is 19.1 Å². The van der Waals surface area contributed by atoms with Crippen molar-refractivity contribution in [1.82, 2.24) is 0 Å². The van der Waals surface area contributed by atoms with Gasteiger partial charge in [-0.05, 0) is 61.8 Å². The number of hydrogen-bond acceptors (Lipinski definition) is 0. The standard InChI is InChI=1S/C19H26N/c1-12(2)17-8-15(5)18(9-14(17)4)19-10-13(3)16(6)11-20(19)7/h8-12H,1-7H3/q+1/i1D3,6D3,12D. The summed E-state index contributed by atoms with van der Waals surface area (Å²) < 4.78 is 56.2. The molecule has 0 fully saturated rings. The minimum Gasteiger partial charge on any atom is -0.201 e. The Bertz CT molecular complexity index is 877. The monoisotopic (exact) mass is 275 g/mol. The molecule has 1 heterocycles. The molecule has 0 saturated carbocycles. The number of pyridine rings is 1. The highest BCUT2D eigenvalue weighted by Crippen LogP contribution is 2.28. The number of aromatic nitrogens is 1. The van der Waals surface area contributed by atoms with Crippen LogP contribution in [0.4, 0.5) is 0 Å². The lowest BCUT2D eigenvalue weighted by molar-refractivity contribution is -0.660. The van der Waals surface area contributed by atoms with Crippen LogP contribution < -0.4 is 4.57 Å². The Morgan fingerprint density at radius 2 is 1.80 bits per heavy atom. The van der Waals surface area contributed by atoms with E-state index in [2.05, 4.69) is 0 Å². The first-order valence-electron chi connectivity index (χ1n) is 10.2. The van der Waals surface area contributed by atoms with Crippen LogP contribution in [0.2, 0.25) is 0 Å². The predicted molar refractivity (Wildman–Crippen MR) is 86.1 cm³/mol. The Labute approximate surface area is 133 Å². The van der Waals surface area contributed by atoms with Crippen molar-refractivity contribution in [3.63, 3.8) is 0 Å². The van der Waals surface area contributed by atoms with Crippen LogP contribution in [-0.2, 0) is 7.05 Å². The van der Waals surface area contributed by atoms with Crippen molar-refractivity contribution in [1.29, 1.82) is 0 Å². The third kappa shape index (κ3) is 2.63. The summed E-state index contributed by atoms with van der Waals surface area (Å²) in [6, 6.07) is 5.48. The largest absolute Gasteiger partial charge is 0.212 e. The Morgan fingerprint density at radius 3 is 2.45 bits per heavy atom. The summed E-state index contributed by atoms with van der Waals surface area (Å²) in [5.74, 6) is -1.70. The molecule has 0 aliphatic rings. The first-order valence-corrected chi connectivity index (χ1v) is 6.70. The fourth-order valence-corrected chi connectivity index (χ4v) is 2.51. The van der Waals surface area contributed by atoms with Crippen LogP contribution in [0.25, 0.3) is 11.3 Å². The van der Waals surface area contributed by atoms with Gasteiger partial charge in [-0.2, -0.15) is 0 Å². The number of rotatable bonds is 2. The molecule has 20 heavy (non-hydrogen) atoms. The molecule has 1 nitrogen and oxygen atoms in total. The van der Waals surface area contributed by atoms with Crippen LogP contribution in [0.3, 0.4) is 0 Å². The smallest absolute Gasteiger partial charge is 0.201 e. The maximum atomic E-state index is 8.37. The zero-order valence-corrected chi connectivity index (χ0v) is 12.8. The van der Waals surface area contributed by atoms with Gasteiger partial charge in [0.05, 0.1) is 0 Å². The Hall–Kier alpha value is -1.63. The average molecular weight is 275 g/mol. The predicted octanol–water partition coefficient (Wildman–Crippen LogP) is 4.54. The molecule has 1 aromatic heterocycles. The van der Waals surface area contributed by atoms with E-state index < -0.39 is 19.6 Å². The van der Waals surface area contributed by atoms with Gasteiger partial charge in [-0.1, -0.05) is 19.8 Å². The summed E-state index contributed by atoms with van der Waals surface area (Å²) in [5.41, 5.74) is 4.76. The van der Waals surface area contributed by atoms with Crippen molar-refractivity contribution in [2.45, 2.75) is 47.3 Å². The fraction of sp³-hybridized carbons (Fsp3) is 0.421. The third-order valence-electron chi connectivity index (χ3n) is 3.73. The van der Waals surface area contributed by atoms with E-state index in [4.69, 9.17) is 9.60 Å². The fourth-order valence-electron chi connectivity index (χ4n) is 2.51. The van der Waals surface area contributed by atoms with Gasteiger partial charge in [0.25, 0.3) is 0 Å². The van der Waals surface area contributed by atoms with Crippen molar-refractivity contribution in [3.8, 4) is 11.3 Å². The number of hydrogen-bond donors (Lipinski definition) is 0. The van der Waals surface area contributed by atoms with Crippen molar-refractivity contribution >= 4 is 0 Å². The maximum Gasteiger partial charge on any atom is 0.212 e. The lowest BCUT2D eigenvalue weighted by Gasteiger charge is -2.14. The highest BCUT2D eigenvalue weighted by atomic mass is 14.9. The van der Waals surface area contributed by atoms with E-state index in [9.17, 15) is 0 Å². The van der Waals surface area contributed by atoms with Crippen molar-refractivity contribution in [3.05, 3.63) is 52.2 Å². The molecule has 1 aromatic carbocycles. The van der Waals surface area contributed by atoms with Gasteiger partial charge in [-0.3, -0.25) is 0 Å².